The largest absolute Gasteiger partial charge is 0.466 e. The highest BCUT2D eigenvalue weighted by molar-refractivity contribution is 5.90. The Morgan fingerprint density at radius 1 is 0.742 bits per heavy atom. The van der Waals surface area contributed by atoms with Crippen LogP contribution in [0.5, 0.6) is 0 Å². The van der Waals surface area contributed by atoms with Crippen LogP contribution >= 0.6 is 0 Å². The van der Waals surface area contributed by atoms with Crippen LogP contribution in [0.2, 0.25) is 0 Å². The fraction of sp³-hybridized carbons (Fsp3) is 0.167. The molecule has 0 N–H and O–H groups in total. The number of nitrogens with zero attached hydrogens (tertiary/aromatic N) is 2. The van der Waals surface area contributed by atoms with E-state index < -0.39 is 24.1 Å². The van der Waals surface area contributed by atoms with Crippen LogP contribution in [0.25, 0.3) is 0 Å². The summed E-state index contributed by atoms with van der Waals surface area (Å²) in [7, 11) is 2.43. The third-order valence-corrected chi connectivity index (χ3v) is 4.49. The van der Waals surface area contributed by atoms with Crippen molar-refractivity contribution in [1.82, 2.24) is 0 Å². The first-order valence-corrected chi connectivity index (χ1v) is 9.06. The van der Waals surface area contributed by atoms with E-state index in [1.165, 1.54) is 14.2 Å². The Morgan fingerprint density at radius 2 is 1.06 bits per heavy atom. The Balaban J connectivity index is 2.53. The molecule has 156 valence electrons. The van der Waals surface area contributed by atoms with Crippen molar-refractivity contribution in [3.63, 3.8) is 0 Å². The lowest BCUT2D eigenvalue weighted by Crippen LogP contribution is -2.21. The highest BCUT2D eigenvalue weighted by atomic mass is 16.5. The number of benzene rings is 2. The van der Waals surface area contributed by atoms with Gasteiger partial charge in [-0.05, 0) is 35.4 Å². The van der Waals surface area contributed by atoms with Crippen molar-refractivity contribution in [2.75, 3.05) is 14.2 Å². The van der Waals surface area contributed by atoms with Crippen LogP contribution in [0, 0.1) is 22.7 Å². The number of esters is 2. The fourth-order valence-electron chi connectivity index (χ4n) is 2.80. The summed E-state index contributed by atoms with van der Waals surface area (Å²) in [5, 5.41) is 18.1. The van der Waals surface area contributed by atoms with E-state index in [1.807, 2.05) is 12.1 Å². The summed E-state index contributed by atoms with van der Waals surface area (Å²) in [5.74, 6) is -1.40. The maximum absolute atomic E-state index is 12.2. The topological polar surface area (TPSA) is 109 Å². The summed E-state index contributed by atoms with van der Waals surface area (Å²) in [5.41, 5.74) is 1.87. The lowest BCUT2D eigenvalue weighted by atomic mass is 9.98. The zero-order valence-electron chi connectivity index (χ0n) is 17.1. The van der Waals surface area contributed by atoms with Crippen LogP contribution < -0.4 is 0 Å². The molecule has 0 aliphatic rings. The predicted octanol–water partition coefficient (Wildman–Crippen LogP) is 3.69. The van der Waals surface area contributed by atoms with Gasteiger partial charge < -0.3 is 14.2 Å². The van der Waals surface area contributed by atoms with E-state index >= 15 is 0 Å². The summed E-state index contributed by atoms with van der Waals surface area (Å²) < 4.78 is 15.7. The van der Waals surface area contributed by atoms with Gasteiger partial charge in [0.25, 0.3) is 0 Å². The number of hydrogen-bond acceptors (Lipinski definition) is 7. The van der Waals surface area contributed by atoms with Crippen molar-refractivity contribution in [3.05, 3.63) is 95.1 Å². The SMILES string of the molecule is C=C(C(=O)OC)[C@@H](O[C@@H](C(=C)C(=O)OC)c1ccc(C#N)cc1)c1ccc(C#N)cc1. The van der Waals surface area contributed by atoms with Gasteiger partial charge >= 0.3 is 11.9 Å². The minimum atomic E-state index is -1.01. The summed E-state index contributed by atoms with van der Waals surface area (Å²) in [6, 6.07) is 16.8. The van der Waals surface area contributed by atoms with E-state index in [0.717, 1.165) is 0 Å². The molecule has 7 nitrogen and oxygen atoms in total. The minimum Gasteiger partial charge on any atom is -0.466 e. The molecule has 2 atom stereocenters. The number of carbonyl (C=O) groups excluding carboxylic acids is 2. The van der Waals surface area contributed by atoms with Crippen molar-refractivity contribution in [3.8, 4) is 12.1 Å². The van der Waals surface area contributed by atoms with Gasteiger partial charge in [-0.2, -0.15) is 10.5 Å². The molecule has 0 spiro atoms. The van der Waals surface area contributed by atoms with Crippen molar-refractivity contribution in [2.45, 2.75) is 12.2 Å². The van der Waals surface area contributed by atoms with E-state index in [2.05, 4.69) is 13.2 Å². The van der Waals surface area contributed by atoms with Gasteiger partial charge in [0.1, 0.15) is 12.2 Å². The van der Waals surface area contributed by atoms with E-state index in [0.29, 0.717) is 22.3 Å². The molecule has 0 fully saturated rings. The highest BCUT2D eigenvalue weighted by Crippen LogP contribution is 2.36. The molecule has 2 aromatic rings. The smallest absolute Gasteiger partial charge is 0.336 e. The molecular weight excluding hydrogens is 396 g/mol. The fourth-order valence-corrected chi connectivity index (χ4v) is 2.80. The maximum Gasteiger partial charge on any atom is 0.336 e. The van der Waals surface area contributed by atoms with Gasteiger partial charge in [-0.3, -0.25) is 0 Å². The first-order valence-electron chi connectivity index (χ1n) is 9.06. The van der Waals surface area contributed by atoms with E-state index in [-0.39, 0.29) is 11.1 Å². The molecule has 0 amide bonds. The number of rotatable bonds is 8. The second kappa shape index (κ2) is 10.5. The molecule has 2 rings (SSSR count). The summed E-state index contributed by atoms with van der Waals surface area (Å²) in [4.78, 5) is 24.4. The lowest BCUT2D eigenvalue weighted by molar-refractivity contribution is -0.139. The summed E-state index contributed by atoms with van der Waals surface area (Å²) >= 11 is 0. The molecule has 0 saturated heterocycles. The number of methoxy groups -OCH3 is 2. The van der Waals surface area contributed by atoms with Crippen molar-refractivity contribution < 1.29 is 23.8 Å². The standard InChI is InChI=1S/C24H20N2O5/c1-15(23(27)29-3)21(19-9-5-17(13-25)6-10-19)31-22(16(2)24(28)30-4)20-11-7-18(14-26)8-12-20/h5-12,21-22H,1-2H2,3-4H3/t21-,22+. The number of carbonyl (C=O) groups is 2. The number of hydrogen-bond donors (Lipinski definition) is 0. The monoisotopic (exact) mass is 416 g/mol. The normalized spacial score (nSPS) is 11.9. The van der Waals surface area contributed by atoms with Gasteiger partial charge in [-0.25, -0.2) is 9.59 Å². The molecule has 2 aromatic carbocycles. The highest BCUT2D eigenvalue weighted by Gasteiger charge is 2.30. The van der Waals surface area contributed by atoms with E-state index in [9.17, 15) is 9.59 Å². The zero-order chi connectivity index (χ0) is 23.0. The molecule has 0 radical (unpaired) electrons. The Morgan fingerprint density at radius 3 is 1.32 bits per heavy atom. The van der Waals surface area contributed by atoms with Crippen molar-refractivity contribution in [2.24, 2.45) is 0 Å². The average Bonchev–Trinajstić information content (AvgIpc) is 2.83. The van der Waals surface area contributed by atoms with Gasteiger partial charge in [0, 0.05) is 0 Å². The zero-order valence-corrected chi connectivity index (χ0v) is 17.1. The molecular formula is C24H20N2O5. The molecule has 0 aromatic heterocycles. The lowest BCUT2D eigenvalue weighted by Gasteiger charge is -2.27. The first kappa shape index (κ1) is 23.1. The van der Waals surface area contributed by atoms with Gasteiger partial charge in [0.2, 0.25) is 0 Å². The maximum atomic E-state index is 12.2. The first-order chi connectivity index (χ1) is 14.9. The van der Waals surface area contributed by atoms with Crippen molar-refractivity contribution in [1.29, 1.82) is 10.5 Å². The van der Waals surface area contributed by atoms with Gasteiger partial charge in [0.05, 0.1) is 48.6 Å². The molecule has 0 unspecified atom stereocenters. The van der Waals surface area contributed by atoms with E-state index in [1.54, 1.807) is 48.5 Å². The predicted molar refractivity (Wildman–Crippen MR) is 111 cm³/mol. The second-order valence-corrected chi connectivity index (χ2v) is 6.40. The summed E-state index contributed by atoms with van der Waals surface area (Å²) in [6.07, 6.45) is -2.02. The quantitative estimate of drug-likeness (QED) is 0.477. The molecule has 0 saturated carbocycles. The van der Waals surface area contributed by atoms with E-state index in [4.69, 9.17) is 24.7 Å². The average molecular weight is 416 g/mol. The third-order valence-electron chi connectivity index (χ3n) is 4.49. The number of nitriles is 2. The van der Waals surface area contributed by atoms with Crippen LogP contribution in [0.15, 0.2) is 72.8 Å². The molecule has 0 bridgehead atoms. The minimum absolute atomic E-state index is 0.0106. The van der Waals surface area contributed by atoms with Gasteiger partial charge in [-0.15, -0.1) is 0 Å². The third kappa shape index (κ3) is 5.45. The van der Waals surface area contributed by atoms with Crippen molar-refractivity contribution >= 4 is 11.9 Å². The van der Waals surface area contributed by atoms with Crippen LogP contribution in [0.3, 0.4) is 0 Å². The van der Waals surface area contributed by atoms with Crippen LogP contribution in [-0.4, -0.2) is 26.2 Å². The molecule has 0 heterocycles. The second-order valence-electron chi connectivity index (χ2n) is 6.40. The Hall–Kier alpha value is -4.20. The molecule has 7 heteroatoms. The van der Waals surface area contributed by atoms with Crippen LogP contribution in [0.4, 0.5) is 0 Å². The molecule has 0 aliphatic heterocycles. The Labute approximate surface area is 180 Å². The Bertz CT molecular complexity index is 985. The summed E-state index contributed by atoms with van der Waals surface area (Å²) in [6.45, 7) is 7.58. The number of ether oxygens (including phenoxy) is 3. The van der Waals surface area contributed by atoms with Gasteiger partial charge in [-0.1, -0.05) is 37.4 Å². The molecule has 0 aliphatic carbocycles. The molecule has 31 heavy (non-hydrogen) atoms. The Kier molecular flexibility index (Phi) is 7.85. The van der Waals surface area contributed by atoms with Crippen LogP contribution in [-0.2, 0) is 23.8 Å². The van der Waals surface area contributed by atoms with Gasteiger partial charge in [0.15, 0.2) is 0 Å². The van der Waals surface area contributed by atoms with Crippen LogP contribution in [0.1, 0.15) is 34.5 Å².